The molecule has 0 aliphatic carbocycles. The highest BCUT2D eigenvalue weighted by Gasteiger charge is 2.12. The molecule has 98 valence electrons. The maximum atomic E-state index is 12.8. The van der Waals surface area contributed by atoms with E-state index in [0.717, 1.165) is 0 Å². The number of methoxy groups -OCH3 is 1. The third-order valence-electron chi connectivity index (χ3n) is 2.51. The van der Waals surface area contributed by atoms with Crippen LogP contribution in [-0.2, 0) is 4.74 Å². The average molecular weight is 280 g/mol. The maximum absolute atomic E-state index is 12.8. The van der Waals surface area contributed by atoms with Gasteiger partial charge in [0, 0.05) is 10.7 Å². The van der Waals surface area contributed by atoms with E-state index in [1.807, 2.05) is 0 Å². The zero-order valence-electron chi connectivity index (χ0n) is 10.1. The van der Waals surface area contributed by atoms with Crippen molar-refractivity contribution in [2.75, 3.05) is 12.4 Å². The van der Waals surface area contributed by atoms with Gasteiger partial charge in [-0.2, -0.15) is 0 Å². The van der Waals surface area contributed by atoms with Crippen molar-refractivity contribution in [1.82, 2.24) is 0 Å². The van der Waals surface area contributed by atoms with Gasteiger partial charge in [0.15, 0.2) is 0 Å². The van der Waals surface area contributed by atoms with Crippen molar-refractivity contribution in [3.8, 4) is 0 Å². The summed E-state index contributed by atoms with van der Waals surface area (Å²) in [5.74, 6) is -0.818. The van der Waals surface area contributed by atoms with E-state index in [1.54, 1.807) is 24.3 Å². The quantitative estimate of drug-likeness (QED) is 0.863. The molecule has 0 heterocycles. The minimum atomic E-state index is -0.493. The third kappa shape index (κ3) is 3.23. The second kappa shape index (κ2) is 5.71. The van der Waals surface area contributed by atoms with E-state index in [2.05, 4.69) is 5.32 Å². The van der Waals surface area contributed by atoms with Crippen LogP contribution in [0.15, 0.2) is 42.5 Å². The smallest absolute Gasteiger partial charge is 0.340 e. The first-order chi connectivity index (χ1) is 9.10. The van der Waals surface area contributed by atoms with Crippen molar-refractivity contribution >= 4 is 28.9 Å². The van der Waals surface area contributed by atoms with Crippen molar-refractivity contribution in [3.63, 3.8) is 0 Å². The molecule has 0 fully saturated rings. The van der Waals surface area contributed by atoms with Gasteiger partial charge in [-0.25, -0.2) is 9.18 Å². The lowest BCUT2D eigenvalue weighted by atomic mass is 10.1. The van der Waals surface area contributed by atoms with Gasteiger partial charge in [0.1, 0.15) is 5.82 Å². The Morgan fingerprint density at radius 2 is 1.89 bits per heavy atom. The Balaban J connectivity index is 2.34. The van der Waals surface area contributed by atoms with Crippen molar-refractivity contribution in [3.05, 3.63) is 58.9 Å². The van der Waals surface area contributed by atoms with E-state index >= 15 is 0 Å². The van der Waals surface area contributed by atoms with Gasteiger partial charge in [0.25, 0.3) is 0 Å². The molecule has 0 bridgehead atoms. The number of ether oxygens (including phenoxy) is 1. The summed E-state index contributed by atoms with van der Waals surface area (Å²) >= 11 is 5.86. The summed E-state index contributed by atoms with van der Waals surface area (Å²) in [6.07, 6.45) is 0. The molecule has 0 spiro atoms. The fourth-order valence-electron chi connectivity index (χ4n) is 1.59. The van der Waals surface area contributed by atoms with Crippen molar-refractivity contribution < 1.29 is 13.9 Å². The third-order valence-corrected chi connectivity index (χ3v) is 2.75. The number of carbonyl (C=O) groups excluding carboxylic acids is 1. The Hall–Kier alpha value is -2.07. The SMILES string of the molecule is COC(=O)c1cc(Cl)ccc1Nc1ccc(F)cc1. The summed E-state index contributed by atoms with van der Waals surface area (Å²) in [6, 6.07) is 10.6. The number of hydrogen-bond donors (Lipinski definition) is 1. The lowest BCUT2D eigenvalue weighted by Gasteiger charge is -2.11. The molecule has 2 aromatic carbocycles. The van der Waals surface area contributed by atoms with Crippen LogP contribution in [0.25, 0.3) is 0 Å². The molecular formula is C14H11ClFNO2. The minimum Gasteiger partial charge on any atom is -0.465 e. The largest absolute Gasteiger partial charge is 0.465 e. The second-order valence-corrected chi connectivity index (χ2v) is 4.25. The molecule has 0 aliphatic rings. The molecule has 0 saturated carbocycles. The Bertz CT molecular complexity index is 599. The van der Waals surface area contributed by atoms with Crippen molar-refractivity contribution in [2.24, 2.45) is 0 Å². The molecule has 0 atom stereocenters. The molecule has 2 rings (SSSR count). The van der Waals surface area contributed by atoms with Crippen LogP contribution in [0.5, 0.6) is 0 Å². The predicted octanol–water partition coefficient (Wildman–Crippen LogP) is 4.01. The van der Waals surface area contributed by atoms with Crippen molar-refractivity contribution in [2.45, 2.75) is 0 Å². The number of carbonyl (C=O) groups is 1. The van der Waals surface area contributed by atoms with Gasteiger partial charge in [-0.05, 0) is 42.5 Å². The van der Waals surface area contributed by atoms with Crippen LogP contribution in [0.1, 0.15) is 10.4 Å². The summed E-state index contributed by atoms with van der Waals surface area (Å²) in [4.78, 5) is 11.6. The monoisotopic (exact) mass is 279 g/mol. The molecule has 2 aromatic rings. The Labute approximate surface area is 115 Å². The zero-order valence-corrected chi connectivity index (χ0v) is 10.9. The first-order valence-electron chi connectivity index (χ1n) is 5.50. The van der Waals surface area contributed by atoms with Gasteiger partial charge in [-0.15, -0.1) is 0 Å². The molecule has 0 aromatic heterocycles. The van der Waals surface area contributed by atoms with E-state index in [1.165, 1.54) is 25.3 Å². The summed E-state index contributed by atoms with van der Waals surface area (Å²) in [6.45, 7) is 0. The molecule has 1 N–H and O–H groups in total. The zero-order chi connectivity index (χ0) is 13.8. The minimum absolute atomic E-state index is 0.319. The number of hydrogen-bond acceptors (Lipinski definition) is 3. The molecular weight excluding hydrogens is 269 g/mol. The van der Waals surface area contributed by atoms with E-state index in [0.29, 0.717) is 22.0 Å². The number of halogens is 2. The molecule has 3 nitrogen and oxygen atoms in total. The highest BCUT2D eigenvalue weighted by atomic mass is 35.5. The highest BCUT2D eigenvalue weighted by Crippen LogP contribution is 2.25. The van der Waals surface area contributed by atoms with Crippen LogP contribution >= 0.6 is 11.6 Å². The Kier molecular flexibility index (Phi) is 4.02. The molecule has 0 amide bonds. The number of nitrogens with one attached hydrogen (secondary N) is 1. The average Bonchev–Trinajstić information content (AvgIpc) is 2.42. The van der Waals surface area contributed by atoms with Crippen LogP contribution in [0, 0.1) is 5.82 Å². The lowest BCUT2D eigenvalue weighted by Crippen LogP contribution is -2.05. The topological polar surface area (TPSA) is 38.3 Å². The molecule has 0 radical (unpaired) electrons. The Morgan fingerprint density at radius 3 is 2.53 bits per heavy atom. The van der Waals surface area contributed by atoms with Crippen LogP contribution in [-0.4, -0.2) is 13.1 Å². The summed E-state index contributed by atoms with van der Waals surface area (Å²) in [5.41, 5.74) is 1.52. The summed E-state index contributed by atoms with van der Waals surface area (Å²) < 4.78 is 17.5. The molecule has 0 unspecified atom stereocenters. The Morgan fingerprint density at radius 1 is 1.21 bits per heavy atom. The first kappa shape index (κ1) is 13.4. The van der Waals surface area contributed by atoms with Crippen LogP contribution in [0.4, 0.5) is 15.8 Å². The number of benzene rings is 2. The van der Waals surface area contributed by atoms with Gasteiger partial charge in [-0.1, -0.05) is 11.6 Å². The molecule has 0 aliphatic heterocycles. The van der Waals surface area contributed by atoms with E-state index < -0.39 is 5.97 Å². The van der Waals surface area contributed by atoms with Crippen LogP contribution in [0.3, 0.4) is 0 Å². The van der Waals surface area contributed by atoms with Gasteiger partial charge < -0.3 is 10.1 Å². The standard InChI is InChI=1S/C14H11ClFNO2/c1-19-14(18)12-8-9(15)2-7-13(12)17-11-5-3-10(16)4-6-11/h2-8,17H,1H3. The predicted molar refractivity (Wildman–Crippen MR) is 72.5 cm³/mol. The van der Waals surface area contributed by atoms with Crippen LogP contribution < -0.4 is 5.32 Å². The fraction of sp³-hybridized carbons (Fsp3) is 0.0714. The van der Waals surface area contributed by atoms with Gasteiger partial charge in [0.2, 0.25) is 0 Å². The normalized spacial score (nSPS) is 10.1. The summed E-state index contributed by atoms with van der Waals surface area (Å²) in [5, 5.41) is 3.45. The van der Waals surface area contributed by atoms with E-state index in [4.69, 9.17) is 16.3 Å². The highest BCUT2D eigenvalue weighted by molar-refractivity contribution is 6.31. The number of esters is 1. The van der Waals surface area contributed by atoms with Gasteiger partial charge in [0.05, 0.1) is 18.4 Å². The maximum Gasteiger partial charge on any atom is 0.340 e. The molecule has 19 heavy (non-hydrogen) atoms. The lowest BCUT2D eigenvalue weighted by molar-refractivity contribution is 0.0602. The fourth-order valence-corrected chi connectivity index (χ4v) is 1.77. The van der Waals surface area contributed by atoms with Crippen LogP contribution in [0.2, 0.25) is 5.02 Å². The van der Waals surface area contributed by atoms with Gasteiger partial charge >= 0.3 is 5.97 Å². The molecule has 0 saturated heterocycles. The summed E-state index contributed by atoms with van der Waals surface area (Å²) in [7, 11) is 1.30. The van der Waals surface area contributed by atoms with Gasteiger partial charge in [-0.3, -0.25) is 0 Å². The second-order valence-electron chi connectivity index (χ2n) is 3.81. The number of rotatable bonds is 3. The number of anilines is 2. The van der Waals surface area contributed by atoms with E-state index in [-0.39, 0.29) is 5.82 Å². The van der Waals surface area contributed by atoms with Crippen molar-refractivity contribution in [1.29, 1.82) is 0 Å². The molecule has 5 heteroatoms. The van der Waals surface area contributed by atoms with E-state index in [9.17, 15) is 9.18 Å². The first-order valence-corrected chi connectivity index (χ1v) is 5.88.